The number of ether oxygens (including phenoxy) is 1. The van der Waals surface area contributed by atoms with Gasteiger partial charge in [0.25, 0.3) is 0 Å². The van der Waals surface area contributed by atoms with Crippen LogP contribution in [0.5, 0.6) is 0 Å². The standard InChI is InChI=1S/C38H42F2N6O3/c1-5-49-37(47)31-25(2)41-36-33(32(31)26-9-7-6-8-10-26)35(42-38(48)46(36)24-19-43(3)4)45-22-20-44(21-23-45)34(27-11-15-29(39)16-12-27)28-13-17-30(40)18-14-28/h6-18,31-32,34H,5,19-24H2,1-4H3. The van der Waals surface area contributed by atoms with E-state index < -0.39 is 17.5 Å². The largest absolute Gasteiger partial charge is 0.465 e. The summed E-state index contributed by atoms with van der Waals surface area (Å²) in [5.41, 5.74) is 3.62. The SMILES string of the molecule is CCOC(=O)C1C(C)=Nc2c(c(N3CCN(C(c4ccc(F)cc4)c4ccc(F)cc4)CC3)nc(=O)n2CCN(C)C)C1c1ccccc1. The molecule has 4 aromatic rings. The van der Waals surface area contributed by atoms with E-state index in [0.29, 0.717) is 56.6 Å². The number of hydrogen-bond donors (Lipinski definition) is 0. The van der Waals surface area contributed by atoms with Crippen molar-refractivity contribution in [3.63, 3.8) is 0 Å². The van der Waals surface area contributed by atoms with Crippen molar-refractivity contribution < 1.29 is 18.3 Å². The van der Waals surface area contributed by atoms with E-state index >= 15 is 0 Å². The second-order valence-electron chi connectivity index (χ2n) is 12.8. The first-order valence-corrected chi connectivity index (χ1v) is 16.7. The van der Waals surface area contributed by atoms with E-state index in [1.54, 1.807) is 35.8 Å². The van der Waals surface area contributed by atoms with Crippen molar-refractivity contribution in [1.29, 1.82) is 0 Å². The molecule has 0 spiro atoms. The van der Waals surface area contributed by atoms with E-state index in [1.807, 2.05) is 56.3 Å². The van der Waals surface area contributed by atoms with Crippen LogP contribution in [0.4, 0.5) is 20.4 Å². The average Bonchev–Trinajstić information content (AvgIpc) is 3.09. The Morgan fingerprint density at radius 1 is 0.918 bits per heavy atom. The van der Waals surface area contributed by atoms with Crippen LogP contribution in [0.15, 0.2) is 88.6 Å². The minimum absolute atomic E-state index is 0.232. The molecule has 11 heteroatoms. The summed E-state index contributed by atoms with van der Waals surface area (Å²) < 4.78 is 35.1. The van der Waals surface area contributed by atoms with Crippen LogP contribution >= 0.6 is 0 Å². The Hall–Kier alpha value is -4.74. The normalized spacial score (nSPS) is 18.0. The smallest absolute Gasteiger partial charge is 0.351 e. The maximum Gasteiger partial charge on any atom is 0.351 e. The number of hydrogen-bond acceptors (Lipinski definition) is 8. The quantitative estimate of drug-likeness (QED) is 0.209. The summed E-state index contributed by atoms with van der Waals surface area (Å²) in [6, 6.07) is 22.4. The lowest BCUT2D eigenvalue weighted by Crippen LogP contribution is -2.49. The van der Waals surface area contributed by atoms with Gasteiger partial charge < -0.3 is 14.5 Å². The van der Waals surface area contributed by atoms with Gasteiger partial charge in [-0.05, 0) is 68.9 Å². The molecule has 0 saturated carbocycles. The highest BCUT2D eigenvalue weighted by atomic mass is 19.1. The van der Waals surface area contributed by atoms with Gasteiger partial charge >= 0.3 is 11.7 Å². The van der Waals surface area contributed by atoms with Crippen LogP contribution < -0.4 is 10.6 Å². The number of carbonyl (C=O) groups excluding carboxylic acids is 1. The summed E-state index contributed by atoms with van der Waals surface area (Å²) in [7, 11) is 3.89. The third-order valence-electron chi connectivity index (χ3n) is 9.37. The van der Waals surface area contributed by atoms with Crippen molar-refractivity contribution in [3.05, 3.63) is 123 Å². The number of carbonyl (C=O) groups is 1. The first kappa shape index (κ1) is 34.1. The summed E-state index contributed by atoms with van der Waals surface area (Å²) in [6.45, 7) is 7.04. The maximum absolute atomic E-state index is 13.9. The third kappa shape index (κ3) is 7.18. The van der Waals surface area contributed by atoms with E-state index in [2.05, 4.69) is 9.80 Å². The second kappa shape index (κ2) is 14.8. The predicted octanol–water partition coefficient (Wildman–Crippen LogP) is 5.41. The molecule has 3 heterocycles. The van der Waals surface area contributed by atoms with Gasteiger partial charge in [0.05, 0.1) is 12.6 Å². The van der Waals surface area contributed by atoms with Crippen LogP contribution in [-0.4, -0.2) is 84.5 Å². The van der Waals surface area contributed by atoms with Crippen LogP contribution in [0.3, 0.4) is 0 Å². The zero-order valence-electron chi connectivity index (χ0n) is 28.4. The zero-order chi connectivity index (χ0) is 34.7. The number of fused-ring (bicyclic) bond motifs is 1. The number of halogens is 2. The Labute approximate surface area is 285 Å². The number of likely N-dealkylation sites (N-methyl/N-ethyl adjacent to an activating group) is 1. The molecular weight excluding hydrogens is 626 g/mol. The van der Waals surface area contributed by atoms with Gasteiger partial charge in [-0.1, -0.05) is 54.6 Å². The lowest BCUT2D eigenvalue weighted by Gasteiger charge is -2.42. The molecule has 6 rings (SSSR count). The Morgan fingerprint density at radius 2 is 1.51 bits per heavy atom. The molecule has 0 aliphatic carbocycles. The molecule has 1 fully saturated rings. The van der Waals surface area contributed by atoms with E-state index in [0.717, 1.165) is 22.3 Å². The molecule has 0 radical (unpaired) electrons. The summed E-state index contributed by atoms with van der Waals surface area (Å²) in [5, 5.41) is 0. The second-order valence-corrected chi connectivity index (χ2v) is 12.8. The fraction of sp³-hybridized carbons (Fsp3) is 0.368. The number of piperazine rings is 1. The van der Waals surface area contributed by atoms with Crippen LogP contribution in [0, 0.1) is 17.6 Å². The van der Waals surface area contributed by atoms with Crippen molar-refractivity contribution in [2.24, 2.45) is 10.9 Å². The Kier molecular flexibility index (Phi) is 10.3. The van der Waals surface area contributed by atoms with Crippen molar-refractivity contribution in [2.75, 3.05) is 58.3 Å². The van der Waals surface area contributed by atoms with Gasteiger partial charge in [-0.2, -0.15) is 4.98 Å². The number of esters is 1. The molecule has 49 heavy (non-hydrogen) atoms. The monoisotopic (exact) mass is 668 g/mol. The molecule has 256 valence electrons. The molecule has 0 N–H and O–H groups in total. The highest BCUT2D eigenvalue weighted by Crippen LogP contribution is 2.46. The predicted molar refractivity (Wildman–Crippen MR) is 187 cm³/mol. The maximum atomic E-state index is 13.9. The zero-order valence-corrected chi connectivity index (χ0v) is 28.4. The number of aromatic nitrogens is 2. The number of nitrogens with zero attached hydrogens (tertiary/aromatic N) is 6. The molecule has 1 aromatic heterocycles. The molecular formula is C38H42F2N6O3. The van der Waals surface area contributed by atoms with Crippen molar-refractivity contribution in [2.45, 2.75) is 32.4 Å². The van der Waals surface area contributed by atoms with Gasteiger partial charge in [0.2, 0.25) is 0 Å². The van der Waals surface area contributed by atoms with Crippen LogP contribution in [0.2, 0.25) is 0 Å². The van der Waals surface area contributed by atoms with E-state index in [9.17, 15) is 18.4 Å². The molecule has 3 aromatic carbocycles. The number of benzene rings is 3. The lowest BCUT2D eigenvalue weighted by molar-refractivity contribution is -0.146. The molecule has 9 nitrogen and oxygen atoms in total. The summed E-state index contributed by atoms with van der Waals surface area (Å²) in [4.78, 5) is 43.5. The number of rotatable bonds is 10. The minimum atomic E-state index is -0.696. The highest BCUT2D eigenvalue weighted by Gasteiger charge is 2.43. The Morgan fingerprint density at radius 3 is 2.06 bits per heavy atom. The van der Waals surface area contributed by atoms with Gasteiger partial charge in [-0.25, -0.2) is 18.6 Å². The fourth-order valence-electron chi connectivity index (χ4n) is 6.99. The van der Waals surface area contributed by atoms with Crippen molar-refractivity contribution in [1.82, 2.24) is 19.4 Å². The average molecular weight is 669 g/mol. The Bertz CT molecular complexity index is 1810. The van der Waals surface area contributed by atoms with Crippen molar-refractivity contribution >= 4 is 23.3 Å². The van der Waals surface area contributed by atoms with Gasteiger partial charge in [0, 0.05) is 56.5 Å². The number of aliphatic imine (C=N–C) groups is 1. The van der Waals surface area contributed by atoms with E-state index in [1.165, 1.54) is 24.3 Å². The van der Waals surface area contributed by atoms with Gasteiger partial charge in [0.1, 0.15) is 29.2 Å². The molecule has 2 aliphatic heterocycles. The third-order valence-corrected chi connectivity index (χ3v) is 9.37. The molecule has 0 amide bonds. The Balaban J connectivity index is 1.43. The van der Waals surface area contributed by atoms with Crippen LogP contribution in [-0.2, 0) is 16.1 Å². The first-order chi connectivity index (χ1) is 23.7. The lowest BCUT2D eigenvalue weighted by atomic mass is 9.76. The van der Waals surface area contributed by atoms with Crippen LogP contribution in [0.25, 0.3) is 0 Å². The van der Waals surface area contributed by atoms with E-state index in [-0.39, 0.29) is 30.3 Å². The van der Waals surface area contributed by atoms with Gasteiger partial charge in [-0.3, -0.25) is 14.3 Å². The summed E-state index contributed by atoms with van der Waals surface area (Å²) >= 11 is 0. The summed E-state index contributed by atoms with van der Waals surface area (Å²) in [6.07, 6.45) is 0. The first-order valence-electron chi connectivity index (χ1n) is 16.7. The van der Waals surface area contributed by atoms with Gasteiger partial charge in [-0.15, -0.1) is 0 Å². The van der Waals surface area contributed by atoms with Crippen LogP contribution in [0.1, 0.15) is 48.1 Å². The van der Waals surface area contributed by atoms with E-state index in [4.69, 9.17) is 14.7 Å². The fourth-order valence-corrected chi connectivity index (χ4v) is 6.99. The van der Waals surface area contributed by atoms with Crippen molar-refractivity contribution in [3.8, 4) is 0 Å². The summed E-state index contributed by atoms with van der Waals surface area (Å²) in [5.74, 6) is -1.17. The van der Waals surface area contributed by atoms with Gasteiger partial charge in [0.15, 0.2) is 0 Å². The minimum Gasteiger partial charge on any atom is -0.465 e. The molecule has 2 unspecified atom stereocenters. The highest BCUT2D eigenvalue weighted by molar-refractivity contribution is 6.05. The molecule has 2 atom stereocenters. The molecule has 1 saturated heterocycles. The number of anilines is 1. The molecule has 2 aliphatic rings. The topological polar surface area (TPSA) is 83.3 Å². The molecule has 0 bridgehead atoms.